The molecule has 1 saturated heterocycles. The zero-order valence-electron chi connectivity index (χ0n) is 27.5. The monoisotopic (exact) mass is 706 g/mol. The fraction of sp³-hybridized carbons (Fsp3) is 0.316. The molecule has 12 nitrogen and oxygen atoms in total. The summed E-state index contributed by atoms with van der Waals surface area (Å²) in [5.41, 5.74) is 4.56. The number of nitrogens with zero attached hydrogens (tertiary/aromatic N) is 4. The van der Waals surface area contributed by atoms with Crippen molar-refractivity contribution in [3.63, 3.8) is 0 Å². The third kappa shape index (κ3) is 6.13. The van der Waals surface area contributed by atoms with Crippen LogP contribution in [0.4, 0.5) is 5.95 Å². The highest BCUT2D eigenvalue weighted by molar-refractivity contribution is 6.33. The van der Waals surface area contributed by atoms with Crippen molar-refractivity contribution in [1.82, 2.24) is 25.1 Å². The second kappa shape index (κ2) is 13.5. The molecule has 3 aliphatic heterocycles. The summed E-state index contributed by atoms with van der Waals surface area (Å²) in [5.74, 6) is -1.19. The summed E-state index contributed by atoms with van der Waals surface area (Å²) >= 11 is 6.59. The largest absolute Gasteiger partial charge is 0.390 e. The Morgan fingerprint density at radius 3 is 2.41 bits per heavy atom. The van der Waals surface area contributed by atoms with Crippen LogP contribution in [0.25, 0.3) is 11.3 Å². The molecule has 260 valence electrons. The number of ether oxygens (including phenoxy) is 1. The topological polar surface area (TPSA) is 154 Å². The van der Waals surface area contributed by atoms with Crippen LogP contribution in [0.5, 0.6) is 0 Å². The molecule has 3 N–H and O–H groups in total. The summed E-state index contributed by atoms with van der Waals surface area (Å²) in [6.07, 6.45) is 3.00. The van der Waals surface area contributed by atoms with Gasteiger partial charge in [-0.25, -0.2) is 9.97 Å². The first-order valence-electron chi connectivity index (χ1n) is 17.1. The van der Waals surface area contributed by atoms with Gasteiger partial charge in [0.15, 0.2) is 0 Å². The third-order valence-corrected chi connectivity index (χ3v) is 10.5. The molecule has 3 atom stereocenters. The van der Waals surface area contributed by atoms with Crippen LogP contribution in [0, 0.1) is 0 Å². The number of aliphatic hydroxyl groups is 1. The molecule has 1 aromatic heterocycles. The lowest BCUT2D eigenvalue weighted by Gasteiger charge is -2.27. The zero-order valence-corrected chi connectivity index (χ0v) is 28.3. The van der Waals surface area contributed by atoms with Gasteiger partial charge in [-0.2, -0.15) is 0 Å². The first kappa shape index (κ1) is 33.0. The molecule has 4 heterocycles. The highest BCUT2D eigenvalue weighted by Gasteiger charge is 2.41. The summed E-state index contributed by atoms with van der Waals surface area (Å²) in [5, 5.41) is 17.4. The lowest BCUT2D eigenvalue weighted by molar-refractivity contribution is -0.123. The van der Waals surface area contributed by atoms with Crippen LogP contribution in [0.2, 0.25) is 5.02 Å². The number of rotatable bonds is 9. The van der Waals surface area contributed by atoms with E-state index in [1.807, 2.05) is 36.4 Å². The van der Waals surface area contributed by atoms with Gasteiger partial charge in [0.05, 0.1) is 46.2 Å². The average molecular weight is 707 g/mol. The van der Waals surface area contributed by atoms with Crippen LogP contribution in [0.1, 0.15) is 79.1 Å². The molecule has 8 rings (SSSR count). The van der Waals surface area contributed by atoms with E-state index in [0.717, 1.165) is 24.0 Å². The maximum Gasteiger partial charge on any atom is 0.261 e. The lowest BCUT2D eigenvalue weighted by Crippen LogP contribution is -2.43. The second-order valence-corrected chi connectivity index (χ2v) is 13.7. The average Bonchev–Trinajstić information content (AvgIpc) is 3.69. The number of fused-ring (bicyclic) bond motifs is 3. The maximum atomic E-state index is 14.2. The predicted molar refractivity (Wildman–Crippen MR) is 187 cm³/mol. The van der Waals surface area contributed by atoms with E-state index in [9.17, 15) is 24.3 Å². The van der Waals surface area contributed by atoms with Crippen molar-refractivity contribution in [2.45, 2.75) is 49.9 Å². The number of carbonyl (C=O) groups excluding carboxylic acids is 4. The third-order valence-electron chi connectivity index (χ3n) is 10.2. The number of benzene rings is 3. The van der Waals surface area contributed by atoms with Gasteiger partial charge in [0, 0.05) is 43.3 Å². The molecule has 1 aliphatic carbocycles. The van der Waals surface area contributed by atoms with Crippen molar-refractivity contribution in [2.75, 3.05) is 31.6 Å². The van der Waals surface area contributed by atoms with Gasteiger partial charge in [-0.05, 0) is 54.2 Å². The molecule has 0 radical (unpaired) electrons. The van der Waals surface area contributed by atoms with Gasteiger partial charge in [0.2, 0.25) is 11.9 Å². The van der Waals surface area contributed by atoms with Crippen LogP contribution >= 0.6 is 11.6 Å². The van der Waals surface area contributed by atoms with E-state index in [1.54, 1.807) is 30.3 Å². The van der Waals surface area contributed by atoms with Gasteiger partial charge in [0.25, 0.3) is 17.7 Å². The van der Waals surface area contributed by atoms with E-state index in [4.69, 9.17) is 21.3 Å². The molecule has 0 saturated carbocycles. The summed E-state index contributed by atoms with van der Waals surface area (Å²) in [4.78, 5) is 65.9. The molecule has 3 aromatic carbocycles. The number of halogens is 1. The minimum Gasteiger partial charge on any atom is -0.390 e. The number of nitrogens with one attached hydrogen (secondary N) is 2. The van der Waals surface area contributed by atoms with E-state index < -0.39 is 35.9 Å². The summed E-state index contributed by atoms with van der Waals surface area (Å²) in [7, 11) is 0. The van der Waals surface area contributed by atoms with Crippen LogP contribution < -0.4 is 10.6 Å². The molecular formula is C38H35ClN6O6. The maximum absolute atomic E-state index is 14.2. The second-order valence-electron chi connectivity index (χ2n) is 13.3. The van der Waals surface area contributed by atoms with Gasteiger partial charge in [0.1, 0.15) is 6.54 Å². The Hall–Kier alpha value is -5.17. The number of imide groups is 1. The van der Waals surface area contributed by atoms with Crippen LogP contribution in [-0.4, -0.2) is 87.0 Å². The number of anilines is 1. The fourth-order valence-electron chi connectivity index (χ4n) is 7.62. The van der Waals surface area contributed by atoms with Gasteiger partial charge in [-0.15, -0.1) is 0 Å². The van der Waals surface area contributed by atoms with E-state index in [1.165, 1.54) is 16.0 Å². The smallest absolute Gasteiger partial charge is 0.261 e. The van der Waals surface area contributed by atoms with E-state index in [2.05, 4.69) is 15.6 Å². The normalized spacial score (nSPS) is 21.1. The minimum absolute atomic E-state index is 0.0390. The van der Waals surface area contributed by atoms with Gasteiger partial charge >= 0.3 is 0 Å². The summed E-state index contributed by atoms with van der Waals surface area (Å²) in [6, 6.07) is 18.5. The van der Waals surface area contributed by atoms with Crippen LogP contribution in [-0.2, 0) is 16.0 Å². The molecule has 4 aromatic rings. The molecule has 4 amide bonds. The quantitative estimate of drug-likeness (QED) is 0.216. The standard InChI is InChI=1S/C38H35ClN6O6/c39-29-19-40-38(41-23-12-15-51-16-13-23)43-33(29)22-9-10-25-28(17-22)37(50)45(20-32(47)42-34-24-6-2-1-5-21(24)18-31(34)46)30(25)11-14-44-35(48)26-7-3-4-8-27(26)36(44)49/h1-10,17,19,23,30-31,34,46H,11-16,18,20H2,(H,42,47)(H,40,41,43)/t30?,31-,34+/m1/s1. The molecule has 0 bridgehead atoms. The van der Waals surface area contributed by atoms with Gasteiger partial charge < -0.3 is 25.4 Å². The Labute approximate surface area is 298 Å². The van der Waals surface area contributed by atoms with E-state index >= 15 is 0 Å². The first-order chi connectivity index (χ1) is 24.8. The van der Waals surface area contributed by atoms with Gasteiger partial charge in [-0.1, -0.05) is 60.1 Å². The predicted octanol–water partition coefficient (Wildman–Crippen LogP) is 4.35. The van der Waals surface area contributed by atoms with Crippen molar-refractivity contribution in [1.29, 1.82) is 0 Å². The molecule has 13 heteroatoms. The zero-order chi connectivity index (χ0) is 35.2. The highest BCUT2D eigenvalue weighted by Crippen LogP contribution is 2.40. The Balaban J connectivity index is 1.07. The molecule has 0 spiro atoms. The number of aliphatic hydroxyl groups excluding tert-OH is 1. The summed E-state index contributed by atoms with van der Waals surface area (Å²) in [6.45, 7) is 1.05. The molecule has 1 unspecified atom stereocenters. The molecule has 51 heavy (non-hydrogen) atoms. The SMILES string of the molecule is O=C(CN1C(=O)c2cc(-c3nc(NC4CCOCC4)ncc3Cl)ccc2C1CCN1C(=O)c2ccccc2C1=O)N[C@H]1c2ccccc2C[C@H]1O. The molecule has 1 fully saturated rings. The number of hydrogen-bond donors (Lipinski definition) is 3. The lowest BCUT2D eigenvalue weighted by atomic mass is 9.98. The Kier molecular flexibility index (Phi) is 8.74. The number of carbonyl (C=O) groups is 4. The van der Waals surface area contributed by atoms with Crippen molar-refractivity contribution >= 4 is 41.2 Å². The minimum atomic E-state index is -0.798. The highest BCUT2D eigenvalue weighted by atomic mass is 35.5. The van der Waals surface area contributed by atoms with Crippen LogP contribution in [0.3, 0.4) is 0 Å². The number of amides is 4. The van der Waals surface area contributed by atoms with Crippen molar-refractivity contribution in [2.24, 2.45) is 0 Å². The van der Waals surface area contributed by atoms with Crippen molar-refractivity contribution in [3.05, 3.63) is 111 Å². The summed E-state index contributed by atoms with van der Waals surface area (Å²) < 4.78 is 5.46. The van der Waals surface area contributed by atoms with Crippen molar-refractivity contribution in [3.8, 4) is 11.3 Å². The van der Waals surface area contributed by atoms with E-state index in [-0.39, 0.29) is 31.5 Å². The number of hydrogen-bond acceptors (Lipinski definition) is 9. The van der Waals surface area contributed by atoms with Crippen molar-refractivity contribution < 1.29 is 29.0 Å². The number of aromatic nitrogens is 2. The fourth-order valence-corrected chi connectivity index (χ4v) is 7.82. The Morgan fingerprint density at radius 1 is 0.922 bits per heavy atom. The van der Waals surface area contributed by atoms with E-state index in [0.29, 0.717) is 64.1 Å². The molecule has 4 aliphatic rings. The first-order valence-corrected chi connectivity index (χ1v) is 17.5. The van der Waals surface area contributed by atoms with Crippen LogP contribution in [0.15, 0.2) is 72.9 Å². The van der Waals surface area contributed by atoms with Gasteiger partial charge in [-0.3, -0.25) is 24.1 Å². The molecular weight excluding hydrogens is 672 g/mol. The Bertz CT molecular complexity index is 2030. The Morgan fingerprint density at radius 2 is 1.65 bits per heavy atom.